The predicted octanol–water partition coefficient (Wildman–Crippen LogP) is 4.42. The van der Waals surface area contributed by atoms with Gasteiger partial charge in [-0.15, -0.1) is 0 Å². The van der Waals surface area contributed by atoms with Crippen LogP contribution >= 0.6 is 11.6 Å². The molecule has 3 aromatic rings. The van der Waals surface area contributed by atoms with Gasteiger partial charge in [0, 0.05) is 18.2 Å². The Bertz CT molecular complexity index is 1130. The largest absolute Gasteiger partial charge is 0.495 e. The molecule has 0 bridgehead atoms. The Morgan fingerprint density at radius 2 is 1.89 bits per heavy atom. The number of carbonyl (C=O) groups is 1. The first-order valence-electron chi connectivity index (χ1n) is 8.35. The quantitative estimate of drug-likeness (QED) is 0.642. The second kappa shape index (κ2) is 8.19. The fourth-order valence-corrected chi connectivity index (χ4v) is 2.90. The van der Waals surface area contributed by atoms with E-state index < -0.39 is 5.91 Å². The highest BCUT2D eigenvalue weighted by Gasteiger charge is 2.12. The Balaban J connectivity index is 1.86. The number of amides is 1. The minimum Gasteiger partial charge on any atom is -0.495 e. The van der Waals surface area contributed by atoms with Crippen molar-refractivity contribution in [2.75, 3.05) is 19.5 Å². The molecule has 1 N–H and O–H groups in total. The van der Waals surface area contributed by atoms with Crippen LogP contribution in [0.25, 0.3) is 17.0 Å². The number of carbonyl (C=O) groups excluding carboxylic acids is 1. The van der Waals surface area contributed by atoms with E-state index in [0.29, 0.717) is 33.2 Å². The molecule has 0 unspecified atom stereocenters. The summed E-state index contributed by atoms with van der Waals surface area (Å²) in [6.45, 7) is 1.89. The van der Waals surface area contributed by atoms with E-state index in [1.165, 1.54) is 32.6 Å². The molecule has 2 aromatic carbocycles. The Kier molecular flexibility index (Phi) is 5.70. The maximum Gasteiger partial charge on any atom is 0.248 e. The third-order valence-electron chi connectivity index (χ3n) is 4.10. The topological polar surface area (TPSA) is 77.8 Å². The van der Waals surface area contributed by atoms with Gasteiger partial charge < -0.3 is 19.2 Å². The summed E-state index contributed by atoms with van der Waals surface area (Å²) < 4.78 is 15.9. The van der Waals surface area contributed by atoms with Gasteiger partial charge in [-0.3, -0.25) is 9.59 Å². The van der Waals surface area contributed by atoms with Gasteiger partial charge in [-0.05, 0) is 25.1 Å². The molecule has 0 saturated carbocycles. The highest BCUT2D eigenvalue weighted by Crippen LogP contribution is 2.35. The number of ether oxygens (including phenoxy) is 2. The third kappa shape index (κ3) is 4.02. The summed E-state index contributed by atoms with van der Waals surface area (Å²) in [5, 5.41) is 3.50. The van der Waals surface area contributed by atoms with Crippen LogP contribution in [0.5, 0.6) is 11.5 Å². The van der Waals surface area contributed by atoms with Crippen LogP contribution in [-0.4, -0.2) is 20.1 Å². The summed E-state index contributed by atoms with van der Waals surface area (Å²) in [5.41, 5.74) is 1.89. The average molecular weight is 400 g/mol. The number of aryl methyl sites for hydroxylation is 1. The number of fused-ring (bicyclic) bond motifs is 1. The maximum absolute atomic E-state index is 12.6. The Morgan fingerprint density at radius 3 is 2.61 bits per heavy atom. The molecule has 0 aliphatic carbocycles. The lowest BCUT2D eigenvalue weighted by Crippen LogP contribution is -2.10. The second-order valence-electron chi connectivity index (χ2n) is 6.03. The molecular weight excluding hydrogens is 382 g/mol. The smallest absolute Gasteiger partial charge is 0.248 e. The van der Waals surface area contributed by atoms with Crippen molar-refractivity contribution in [2.45, 2.75) is 6.92 Å². The minimum absolute atomic E-state index is 0.209. The summed E-state index contributed by atoms with van der Waals surface area (Å²) in [6, 6.07) is 8.46. The van der Waals surface area contributed by atoms with Gasteiger partial charge in [0.2, 0.25) is 5.91 Å². The molecule has 1 heterocycles. The van der Waals surface area contributed by atoms with Gasteiger partial charge >= 0.3 is 0 Å². The lowest BCUT2D eigenvalue weighted by atomic mass is 10.1. The molecule has 144 valence electrons. The van der Waals surface area contributed by atoms with E-state index in [1.54, 1.807) is 24.3 Å². The molecule has 0 aliphatic heterocycles. The second-order valence-corrected chi connectivity index (χ2v) is 6.44. The molecule has 0 aliphatic rings. The van der Waals surface area contributed by atoms with Crippen molar-refractivity contribution >= 4 is 40.2 Å². The normalized spacial score (nSPS) is 11.0. The summed E-state index contributed by atoms with van der Waals surface area (Å²) in [7, 11) is 2.94. The van der Waals surface area contributed by atoms with Crippen molar-refractivity contribution in [2.24, 2.45) is 0 Å². The Hall–Kier alpha value is -3.25. The molecule has 6 nitrogen and oxygen atoms in total. The SMILES string of the molecule is COc1cc(NC(=O)/C=C/c2coc3ccc(C)cc3c2=O)c(OC)cc1Cl. The lowest BCUT2D eigenvalue weighted by molar-refractivity contribution is -0.111. The van der Waals surface area contributed by atoms with Crippen LogP contribution in [0.3, 0.4) is 0 Å². The molecule has 0 radical (unpaired) electrons. The molecule has 0 atom stereocenters. The molecule has 1 aromatic heterocycles. The van der Waals surface area contributed by atoms with Crippen molar-refractivity contribution in [3.05, 3.63) is 69.0 Å². The zero-order chi connectivity index (χ0) is 20.3. The van der Waals surface area contributed by atoms with Gasteiger partial charge in [-0.25, -0.2) is 0 Å². The van der Waals surface area contributed by atoms with Crippen LogP contribution in [0.4, 0.5) is 5.69 Å². The molecule has 0 saturated heterocycles. The van der Waals surface area contributed by atoms with Crippen LogP contribution in [0.15, 0.2) is 51.9 Å². The molecule has 7 heteroatoms. The highest BCUT2D eigenvalue weighted by molar-refractivity contribution is 6.32. The number of methoxy groups -OCH3 is 2. The maximum atomic E-state index is 12.6. The zero-order valence-corrected chi connectivity index (χ0v) is 16.3. The Morgan fingerprint density at radius 1 is 1.14 bits per heavy atom. The Labute approximate surface area is 166 Å². The van der Waals surface area contributed by atoms with Crippen molar-refractivity contribution in [1.29, 1.82) is 0 Å². The fraction of sp³-hybridized carbons (Fsp3) is 0.143. The van der Waals surface area contributed by atoms with Gasteiger partial charge in [0.1, 0.15) is 23.3 Å². The number of hydrogen-bond donors (Lipinski definition) is 1. The van der Waals surface area contributed by atoms with E-state index >= 15 is 0 Å². The summed E-state index contributed by atoms with van der Waals surface area (Å²) in [5.74, 6) is 0.326. The number of nitrogens with one attached hydrogen (secondary N) is 1. The molecule has 1 amide bonds. The minimum atomic E-state index is -0.452. The number of halogens is 1. The third-order valence-corrected chi connectivity index (χ3v) is 4.40. The number of rotatable bonds is 5. The predicted molar refractivity (Wildman–Crippen MR) is 109 cm³/mol. The molecule has 3 rings (SSSR count). The van der Waals surface area contributed by atoms with Gasteiger partial charge in [-0.2, -0.15) is 0 Å². The van der Waals surface area contributed by atoms with Crippen molar-refractivity contribution in [3.63, 3.8) is 0 Å². The van der Waals surface area contributed by atoms with E-state index in [4.69, 9.17) is 25.5 Å². The molecular formula is C21H18ClNO5. The molecule has 28 heavy (non-hydrogen) atoms. The number of hydrogen-bond acceptors (Lipinski definition) is 5. The first kappa shape index (κ1) is 19.5. The van der Waals surface area contributed by atoms with E-state index in [9.17, 15) is 9.59 Å². The first-order valence-corrected chi connectivity index (χ1v) is 8.73. The summed E-state index contributed by atoms with van der Waals surface area (Å²) in [4.78, 5) is 24.9. The van der Waals surface area contributed by atoms with E-state index in [-0.39, 0.29) is 11.0 Å². The van der Waals surface area contributed by atoms with Crippen LogP contribution in [0.1, 0.15) is 11.1 Å². The summed E-state index contributed by atoms with van der Waals surface area (Å²) >= 11 is 6.06. The van der Waals surface area contributed by atoms with Crippen molar-refractivity contribution in [1.82, 2.24) is 0 Å². The van der Waals surface area contributed by atoms with Gasteiger partial charge in [-0.1, -0.05) is 23.2 Å². The monoisotopic (exact) mass is 399 g/mol. The molecule has 0 spiro atoms. The van der Waals surface area contributed by atoms with E-state index in [1.807, 2.05) is 13.0 Å². The van der Waals surface area contributed by atoms with Gasteiger partial charge in [0.05, 0.1) is 35.9 Å². The summed E-state index contributed by atoms with van der Waals surface area (Å²) in [6.07, 6.45) is 3.98. The van der Waals surface area contributed by atoms with Crippen LogP contribution in [0.2, 0.25) is 5.02 Å². The van der Waals surface area contributed by atoms with Crippen LogP contribution in [0, 0.1) is 6.92 Å². The fourth-order valence-electron chi connectivity index (χ4n) is 2.67. The van der Waals surface area contributed by atoms with E-state index in [0.717, 1.165) is 5.56 Å². The standard InChI is InChI=1S/C21H18ClNO5/c1-12-4-6-17-14(8-12)21(25)13(11-28-17)5-7-20(24)23-16-10-18(26-2)15(22)9-19(16)27-3/h4-11H,1-3H3,(H,23,24)/b7-5+. The molecule has 0 fully saturated rings. The van der Waals surface area contributed by atoms with Crippen molar-refractivity contribution < 1.29 is 18.7 Å². The van der Waals surface area contributed by atoms with Gasteiger partial charge in [0.25, 0.3) is 0 Å². The van der Waals surface area contributed by atoms with Crippen molar-refractivity contribution in [3.8, 4) is 11.5 Å². The lowest BCUT2D eigenvalue weighted by Gasteiger charge is -2.12. The highest BCUT2D eigenvalue weighted by atomic mass is 35.5. The number of anilines is 1. The van der Waals surface area contributed by atoms with Crippen LogP contribution < -0.4 is 20.2 Å². The number of benzene rings is 2. The zero-order valence-electron chi connectivity index (χ0n) is 15.5. The average Bonchev–Trinajstić information content (AvgIpc) is 2.68. The van der Waals surface area contributed by atoms with E-state index in [2.05, 4.69) is 5.32 Å². The van der Waals surface area contributed by atoms with Gasteiger partial charge in [0.15, 0.2) is 5.43 Å². The van der Waals surface area contributed by atoms with Crippen LogP contribution in [-0.2, 0) is 4.79 Å². The first-order chi connectivity index (χ1) is 13.4.